The molecule has 26 heavy (non-hydrogen) atoms. The zero-order valence-electron chi connectivity index (χ0n) is 15.9. The average Bonchev–Trinajstić information content (AvgIpc) is 2.67. The van der Waals surface area contributed by atoms with Crippen LogP contribution in [-0.4, -0.2) is 30.8 Å². The lowest BCUT2D eigenvalue weighted by molar-refractivity contribution is -0.139. The van der Waals surface area contributed by atoms with Gasteiger partial charge in [0.1, 0.15) is 5.75 Å². The molecule has 0 aliphatic carbocycles. The molecule has 0 heterocycles. The van der Waals surface area contributed by atoms with Gasteiger partial charge in [-0.05, 0) is 36.1 Å². The minimum atomic E-state index is -0.948. The molecule has 1 aromatic carbocycles. The molecule has 0 fully saturated rings. The number of unbranched alkanes of at least 4 members (excludes halogenated alkanes) is 1. The third kappa shape index (κ3) is 11.9. The Balaban J connectivity index is 0.000000481. The van der Waals surface area contributed by atoms with Crippen molar-refractivity contribution in [3.05, 3.63) is 48.6 Å². The number of aliphatic carboxylic acids is 1. The second-order valence-corrected chi connectivity index (χ2v) is 5.70. The molecule has 1 unspecified atom stereocenters. The summed E-state index contributed by atoms with van der Waals surface area (Å²) in [6.07, 6.45) is 8.48. The Morgan fingerprint density at radius 2 is 1.88 bits per heavy atom. The van der Waals surface area contributed by atoms with Gasteiger partial charge in [0.15, 0.2) is 0 Å². The van der Waals surface area contributed by atoms with Gasteiger partial charge in [-0.1, -0.05) is 51.8 Å². The summed E-state index contributed by atoms with van der Waals surface area (Å²) in [4.78, 5) is 20.9. The van der Waals surface area contributed by atoms with Crippen molar-refractivity contribution in [2.45, 2.75) is 39.5 Å². The van der Waals surface area contributed by atoms with E-state index in [2.05, 4.69) is 20.4 Å². The van der Waals surface area contributed by atoms with Gasteiger partial charge in [0, 0.05) is 12.2 Å². The van der Waals surface area contributed by atoms with Gasteiger partial charge in [-0.2, -0.15) is 0 Å². The summed E-state index contributed by atoms with van der Waals surface area (Å²) in [5.41, 5.74) is 0.836. The van der Waals surface area contributed by atoms with Crippen molar-refractivity contribution in [3.63, 3.8) is 0 Å². The zero-order valence-corrected chi connectivity index (χ0v) is 15.9. The maximum absolute atomic E-state index is 10.8. The number of carboxylic acids is 1. The van der Waals surface area contributed by atoms with Crippen LogP contribution < -0.4 is 4.74 Å². The maximum atomic E-state index is 10.8. The fourth-order valence-electron chi connectivity index (χ4n) is 2.04. The van der Waals surface area contributed by atoms with Crippen LogP contribution in [-0.2, 0) is 14.3 Å². The van der Waals surface area contributed by atoms with Crippen LogP contribution in [0.1, 0.15) is 45.1 Å². The van der Waals surface area contributed by atoms with Crippen LogP contribution in [0, 0.1) is 5.92 Å². The van der Waals surface area contributed by atoms with E-state index in [-0.39, 0.29) is 5.97 Å². The highest BCUT2D eigenvalue weighted by Crippen LogP contribution is 2.13. The molecule has 5 nitrogen and oxygen atoms in total. The summed E-state index contributed by atoms with van der Waals surface area (Å²) in [5, 5.41) is 8.36. The first-order chi connectivity index (χ1) is 12.5. The van der Waals surface area contributed by atoms with Crippen molar-refractivity contribution in [1.29, 1.82) is 0 Å². The largest absolute Gasteiger partial charge is 0.497 e. The van der Waals surface area contributed by atoms with Gasteiger partial charge in [0.2, 0.25) is 0 Å². The SMILES string of the molecule is C=CC(=O)OCC(CC)CCCC.COc1ccc(C=CC(=O)O)cc1. The number of carbonyl (C=O) groups is 2. The van der Waals surface area contributed by atoms with E-state index in [0.717, 1.165) is 30.2 Å². The van der Waals surface area contributed by atoms with Crippen molar-refractivity contribution in [3.8, 4) is 5.75 Å². The molecule has 1 atom stereocenters. The minimum absolute atomic E-state index is 0.310. The highest BCUT2D eigenvalue weighted by molar-refractivity contribution is 5.85. The van der Waals surface area contributed by atoms with Gasteiger partial charge in [-0.25, -0.2) is 9.59 Å². The van der Waals surface area contributed by atoms with Gasteiger partial charge >= 0.3 is 11.9 Å². The maximum Gasteiger partial charge on any atom is 0.330 e. The Morgan fingerprint density at radius 1 is 1.23 bits per heavy atom. The van der Waals surface area contributed by atoms with Crippen LogP contribution >= 0.6 is 0 Å². The monoisotopic (exact) mass is 362 g/mol. The number of methoxy groups -OCH3 is 1. The smallest absolute Gasteiger partial charge is 0.330 e. The summed E-state index contributed by atoms with van der Waals surface area (Å²) < 4.78 is 9.94. The molecule has 1 aromatic rings. The summed E-state index contributed by atoms with van der Waals surface area (Å²) in [6, 6.07) is 7.14. The van der Waals surface area contributed by atoms with E-state index in [1.165, 1.54) is 25.0 Å². The Morgan fingerprint density at radius 3 is 2.35 bits per heavy atom. The Kier molecular flexibility index (Phi) is 13.3. The molecule has 0 saturated heterocycles. The fraction of sp³-hybridized carbons (Fsp3) is 0.429. The molecule has 0 aliphatic heterocycles. The molecule has 1 N–H and O–H groups in total. The molecule has 5 heteroatoms. The van der Waals surface area contributed by atoms with Crippen molar-refractivity contribution in [2.75, 3.05) is 13.7 Å². The van der Waals surface area contributed by atoms with Gasteiger partial charge < -0.3 is 14.6 Å². The number of hydrogen-bond donors (Lipinski definition) is 1. The molecule has 1 rings (SSSR count). The molecule has 0 amide bonds. The lowest BCUT2D eigenvalue weighted by Gasteiger charge is -2.13. The second-order valence-electron chi connectivity index (χ2n) is 5.70. The van der Waals surface area contributed by atoms with Crippen molar-refractivity contribution in [2.24, 2.45) is 5.92 Å². The number of hydrogen-bond acceptors (Lipinski definition) is 4. The normalized spacial score (nSPS) is 11.2. The molecular formula is C21H30O5. The average molecular weight is 362 g/mol. The summed E-state index contributed by atoms with van der Waals surface area (Å²) in [7, 11) is 1.59. The Hall–Kier alpha value is -2.56. The number of benzene rings is 1. The van der Waals surface area contributed by atoms with E-state index < -0.39 is 5.97 Å². The van der Waals surface area contributed by atoms with Crippen LogP contribution in [0.4, 0.5) is 0 Å². The predicted octanol–water partition coefficient (Wildman–Crippen LogP) is 4.73. The molecule has 0 spiro atoms. The number of rotatable bonds is 10. The minimum Gasteiger partial charge on any atom is -0.497 e. The Labute approximate surface area is 156 Å². The van der Waals surface area contributed by atoms with Gasteiger partial charge in [-0.15, -0.1) is 0 Å². The topological polar surface area (TPSA) is 72.8 Å². The summed E-state index contributed by atoms with van der Waals surface area (Å²) in [6.45, 7) is 8.19. The first kappa shape index (κ1) is 23.4. The molecule has 0 aliphatic rings. The van der Waals surface area contributed by atoms with Crippen LogP contribution in [0.2, 0.25) is 0 Å². The Bertz CT molecular complexity index is 560. The molecule has 0 aromatic heterocycles. The quantitative estimate of drug-likeness (QED) is 0.481. The highest BCUT2D eigenvalue weighted by Gasteiger charge is 2.07. The summed E-state index contributed by atoms with van der Waals surface area (Å²) >= 11 is 0. The lowest BCUT2D eigenvalue weighted by atomic mass is 10.0. The van der Waals surface area contributed by atoms with E-state index in [4.69, 9.17) is 14.6 Å². The number of carboxylic acid groups (broad SMARTS) is 1. The predicted molar refractivity (Wildman–Crippen MR) is 104 cm³/mol. The van der Waals surface area contributed by atoms with E-state index in [9.17, 15) is 9.59 Å². The van der Waals surface area contributed by atoms with Crippen molar-refractivity contribution < 1.29 is 24.2 Å². The third-order valence-corrected chi connectivity index (χ3v) is 3.71. The van der Waals surface area contributed by atoms with Crippen LogP contribution in [0.3, 0.4) is 0 Å². The lowest BCUT2D eigenvalue weighted by Crippen LogP contribution is -2.12. The van der Waals surface area contributed by atoms with E-state index in [1.807, 2.05) is 0 Å². The summed E-state index contributed by atoms with van der Waals surface area (Å²) in [5.74, 6) is 0.0158. The molecule has 0 saturated carbocycles. The zero-order chi connectivity index (χ0) is 19.8. The van der Waals surface area contributed by atoms with Gasteiger partial charge in [0.25, 0.3) is 0 Å². The third-order valence-electron chi connectivity index (χ3n) is 3.71. The van der Waals surface area contributed by atoms with Crippen LogP contribution in [0.5, 0.6) is 5.75 Å². The van der Waals surface area contributed by atoms with Crippen molar-refractivity contribution in [1.82, 2.24) is 0 Å². The molecule has 0 bridgehead atoms. The van der Waals surface area contributed by atoms with Gasteiger partial charge in [-0.3, -0.25) is 0 Å². The molecular weight excluding hydrogens is 332 g/mol. The molecule has 0 radical (unpaired) electrons. The highest BCUT2D eigenvalue weighted by atomic mass is 16.5. The van der Waals surface area contributed by atoms with E-state index in [0.29, 0.717) is 12.5 Å². The van der Waals surface area contributed by atoms with Gasteiger partial charge in [0.05, 0.1) is 13.7 Å². The van der Waals surface area contributed by atoms with E-state index in [1.54, 1.807) is 31.4 Å². The number of ether oxygens (including phenoxy) is 2. The van der Waals surface area contributed by atoms with Crippen LogP contribution in [0.25, 0.3) is 6.08 Å². The van der Waals surface area contributed by atoms with Crippen molar-refractivity contribution >= 4 is 18.0 Å². The first-order valence-corrected chi connectivity index (χ1v) is 8.80. The number of esters is 1. The van der Waals surface area contributed by atoms with Crippen LogP contribution in [0.15, 0.2) is 43.0 Å². The standard InChI is InChI=1S/C11H20O2.C10H10O3/c1-4-7-8-10(5-2)9-13-11(12)6-3;1-13-9-5-2-8(3-6-9)4-7-10(11)12/h6,10H,3-5,7-9H2,1-2H3;2-7H,1H3,(H,11,12). The fourth-order valence-corrected chi connectivity index (χ4v) is 2.04. The molecule has 144 valence electrons. The first-order valence-electron chi connectivity index (χ1n) is 8.80. The second kappa shape index (κ2) is 14.8. The van der Waals surface area contributed by atoms with E-state index >= 15 is 0 Å². The number of carbonyl (C=O) groups excluding carboxylic acids is 1.